The van der Waals surface area contributed by atoms with E-state index in [-0.39, 0.29) is 0 Å². The van der Waals surface area contributed by atoms with E-state index in [1.165, 1.54) is 7.11 Å². The van der Waals surface area contributed by atoms with Crippen LogP contribution in [0.3, 0.4) is 0 Å². The molecule has 0 saturated carbocycles. The molecule has 0 fully saturated rings. The molecule has 0 unspecified atom stereocenters. The van der Waals surface area contributed by atoms with Crippen LogP contribution in [0.25, 0.3) is 16.5 Å². The van der Waals surface area contributed by atoms with Crippen LogP contribution in [0.4, 0.5) is 0 Å². The van der Waals surface area contributed by atoms with Crippen LogP contribution in [-0.4, -0.2) is 18.1 Å². The first-order valence-electron chi connectivity index (χ1n) is 6.28. The highest BCUT2D eigenvalue weighted by Gasteiger charge is 2.20. The van der Waals surface area contributed by atoms with Gasteiger partial charge in [0.05, 0.1) is 7.11 Å². The minimum absolute atomic E-state index is 0.406. The van der Waals surface area contributed by atoms with E-state index >= 15 is 0 Å². The second kappa shape index (κ2) is 5.97. The van der Waals surface area contributed by atoms with Gasteiger partial charge in [-0.2, -0.15) is 0 Å². The van der Waals surface area contributed by atoms with Crippen molar-refractivity contribution in [3.8, 4) is 0 Å². The Bertz CT molecular complexity index is 706. The zero-order valence-electron chi connectivity index (χ0n) is 11.7. The smallest absolute Gasteiger partial charge is 0.355 e. The number of fused-ring (bicyclic) bond motifs is 1. The van der Waals surface area contributed by atoms with Gasteiger partial charge in [0.2, 0.25) is 0 Å². The number of rotatable bonds is 3. The van der Waals surface area contributed by atoms with E-state index in [2.05, 4.69) is 4.98 Å². The largest absolute Gasteiger partial charge is 0.464 e. The molecule has 1 aromatic carbocycles. The van der Waals surface area contributed by atoms with Crippen molar-refractivity contribution in [2.24, 2.45) is 0 Å². The Hall–Kier alpha value is -2.00. The van der Waals surface area contributed by atoms with Crippen molar-refractivity contribution in [2.45, 2.75) is 13.8 Å². The first-order valence-corrected chi connectivity index (χ1v) is 6.66. The average molecular weight is 290 g/mol. The minimum atomic E-state index is -0.406. The third-order valence-corrected chi connectivity index (χ3v) is 3.27. The van der Waals surface area contributed by atoms with Crippen LogP contribution in [0.2, 0.25) is 0 Å². The molecule has 3 nitrogen and oxygen atoms in total. The van der Waals surface area contributed by atoms with E-state index in [1.807, 2.05) is 43.3 Å². The number of benzene rings is 1. The van der Waals surface area contributed by atoms with Crippen LogP contribution < -0.4 is 0 Å². The number of nitrogens with one attached hydrogen (secondary N) is 1. The minimum Gasteiger partial charge on any atom is -0.464 e. The van der Waals surface area contributed by atoms with Gasteiger partial charge >= 0.3 is 5.97 Å². The molecule has 2 rings (SSSR count). The van der Waals surface area contributed by atoms with E-state index in [0.717, 1.165) is 22.0 Å². The van der Waals surface area contributed by atoms with Gasteiger partial charge < -0.3 is 9.72 Å². The molecule has 4 heteroatoms. The van der Waals surface area contributed by atoms with Crippen LogP contribution in [0.1, 0.15) is 29.9 Å². The lowest BCUT2D eigenvalue weighted by Gasteiger charge is -2.06. The van der Waals surface area contributed by atoms with Gasteiger partial charge in [-0.05, 0) is 25.5 Å². The van der Waals surface area contributed by atoms with Crippen molar-refractivity contribution in [2.75, 3.05) is 7.11 Å². The second-order valence-corrected chi connectivity index (χ2v) is 4.93. The van der Waals surface area contributed by atoms with Crippen molar-refractivity contribution in [1.29, 1.82) is 0 Å². The average Bonchev–Trinajstić information content (AvgIpc) is 2.82. The Morgan fingerprint density at radius 2 is 2.05 bits per heavy atom. The van der Waals surface area contributed by atoms with Crippen LogP contribution in [-0.2, 0) is 4.74 Å². The Morgan fingerprint density at radius 3 is 2.65 bits per heavy atom. The first kappa shape index (κ1) is 14.4. The summed E-state index contributed by atoms with van der Waals surface area (Å²) in [5, 5.41) is 1.57. The lowest BCUT2D eigenvalue weighted by Crippen LogP contribution is -2.04. The SMILES string of the molecule is C/C=C\C(=C(/C)Cl)c1c(C(=O)OC)[nH]c2ccccc12. The van der Waals surface area contributed by atoms with Gasteiger partial charge in [-0.1, -0.05) is 42.0 Å². The molecular weight excluding hydrogens is 274 g/mol. The van der Waals surface area contributed by atoms with E-state index in [1.54, 1.807) is 6.92 Å². The summed E-state index contributed by atoms with van der Waals surface area (Å²) in [5.41, 5.74) is 2.88. The topological polar surface area (TPSA) is 42.1 Å². The second-order valence-electron chi connectivity index (χ2n) is 4.36. The zero-order valence-corrected chi connectivity index (χ0v) is 12.4. The maximum atomic E-state index is 12.0. The Kier molecular flexibility index (Phi) is 4.30. The molecule has 1 N–H and O–H groups in total. The van der Waals surface area contributed by atoms with Gasteiger partial charge in [0.25, 0.3) is 0 Å². The molecule has 1 aromatic heterocycles. The fourth-order valence-corrected chi connectivity index (χ4v) is 2.37. The van der Waals surface area contributed by atoms with Crippen molar-refractivity contribution in [1.82, 2.24) is 4.98 Å². The highest BCUT2D eigenvalue weighted by Crippen LogP contribution is 2.33. The molecule has 0 atom stereocenters. The number of aromatic nitrogens is 1. The summed E-state index contributed by atoms with van der Waals surface area (Å²) in [5.74, 6) is -0.406. The predicted molar refractivity (Wildman–Crippen MR) is 82.9 cm³/mol. The molecule has 0 aliphatic heterocycles. The summed E-state index contributed by atoms with van der Waals surface area (Å²) in [6, 6.07) is 7.72. The molecule has 104 valence electrons. The van der Waals surface area contributed by atoms with Crippen molar-refractivity contribution in [3.05, 3.63) is 52.7 Å². The maximum absolute atomic E-state index is 12.0. The number of allylic oxidation sites excluding steroid dienone is 4. The van der Waals surface area contributed by atoms with Crippen LogP contribution in [0.5, 0.6) is 0 Å². The molecule has 2 aromatic rings. The van der Waals surface area contributed by atoms with E-state index in [0.29, 0.717) is 10.7 Å². The van der Waals surface area contributed by atoms with E-state index in [9.17, 15) is 4.79 Å². The molecule has 0 amide bonds. The first-order chi connectivity index (χ1) is 9.60. The van der Waals surface area contributed by atoms with Gasteiger partial charge in [-0.25, -0.2) is 4.79 Å². The Labute approximate surface area is 122 Å². The Balaban J connectivity index is 2.84. The monoisotopic (exact) mass is 289 g/mol. The predicted octanol–water partition coefficient (Wildman–Crippen LogP) is 4.50. The summed E-state index contributed by atoms with van der Waals surface area (Å²) < 4.78 is 4.85. The summed E-state index contributed by atoms with van der Waals surface area (Å²) >= 11 is 6.20. The number of aromatic amines is 1. The van der Waals surface area contributed by atoms with E-state index < -0.39 is 5.97 Å². The number of para-hydroxylation sites is 1. The number of methoxy groups -OCH3 is 1. The van der Waals surface area contributed by atoms with Crippen LogP contribution >= 0.6 is 11.6 Å². The van der Waals surface area contributed by atoms with Gasteiger partial charge in [0.15, 0.2) is 0 Å². The third-order valence-electron chi connectivity index (χ3n) is 3.07. The van der Waals surface area contributed by atoms with Gasteiger partial charge in [-0.3, -0.25) is 0 Å². The molecule has 0 aliphatic carbocycles. The Morgan fingerprint density at radius 1 is 1.35 bits per heavy atom. The van der Waals surface area contributed by atoms with Crippen LogP contribution in [0, 0.1) is 0 Å². The molecule has 0 radical (unpaired) electrons. The summed E-state index contributed by atoms with van der Waals surface area (Å²) in [6.45, 7) is 3.71. The summed E-state index contributed by atoms with van der Waals surface area (Å²) in [7, 11) is 1.37. The lowest BCUT2D eigenvalue weighted by atomic mass is 10.0. The number of carbonyl (C=O) groups is 1. The molecular formula is C16H16ClNO2. The molecule has 20 heavy (non-hydrogen) atoms. The van der Waals surface area contributed by atoms with Crippen molar-refractivity contribution < 1.29 is 9.53 Å². The molecule has 0 bridgehead atoms. The standard InChI is InChI=1S/C16H16ClNO2/c1-4-7-11(10(2)17)14-12-8-5-6-9-13(12)18-15(14)16(19)20-3/h4-9,18H,1-3H3/b7-4-,11-10-. The van der Waals surface area contributed by atoms with Gasteiger partial charge in [0.1, 0.15) is 5.69 Å². The van der Waals surface area contributed by atoms with Gasteiger partial charge in [0, 0.05) is 21.5 Å². The lowest BCUT2D eigenvalue weighted by molar-refractivity contribution is 0.0595. The highest BCUT2D eigenvalue weighted by atomic mass is 35.5. The van der Waals surface area contributed by atoms with Gasteiger partial charge in [-0.15, -0.1) is 0 Å². The third kappa shape index (κ3) is 2.49. The number of ether oxygens (including phenoxy) is 1. The normalized spacial score (nSPS) is 12.8. The van der Waals surface area contributed by atoms with Crippen molar-refractivity contribution >= 4 is 34.0 Å². The number of hydrogen-bond acceptors (Lipinski definition) is 2. The number of carbonyl (C=O) groups excluding carboxylic acids is 1. The summed E-state index contributed by atoms with van der Waals surface area (Å²) in [6.07, 6.45) is 3.79. The molecule has 0 saturated heterocycles. The fourth-order valence-electron chi connectivity index (χ4n) is 2.21. The number of hydrogen-bond donors (Lipinski definition) is 1. The molecule has 1 heterocycles. The van der Waals surface area contributed by atoms with Crippen molar-refractivity contribution in [3.63, 3.8) is 0 Å². The number of esters is 1. The molecule has 0 aliphatic rings. The fraction of sp³-hybridized carbons (Fsp3) is 0.188. The quantitative estimate of drug-likeness (QED) is 0.668. The van der Waals surface area contributed by atoms with Crippen LogP contribution in [0.15, 0.2) is 41.4 Å². The summed E-state index contributed by atoms with van der Waals surface area (Å²) in [4.78, 5) is 15.1. The van der Waals surface area contributed by atoms with E-state index in [4.69, 9.17) is 16.3 Å². The maximum Gasteiger partial charge on any atom is 0.355 e. The molecule has 0 spiro atoms. The number of H-pyrrole nitrogens is 1. The zero-order chi connectivity index (χ0) is 14.7. The number of halogens is 1. The highest BCUT2D eigenvalue weighted by molar-refractivity contribution is 6.33.